The first-order chi connectivity index (χ1) is 20.3. The summed E-state index contributed by atoms with van der Waals surface area (Å²) >= 11 is 0. The van der Waals surface area contributed by atoms with E-state index in [1.165, 1.54) is 17.1 Å². The van der Waals surface area contributed by atoms with Crippen LogP contribution in [0.3, 0.4) is 0 Å². The Hall–Kier alpha value is -4.03. The molecule has 0 bridgehead atoms. The number of anilines is 1. The lowest BCUT2D eigenvalue weighted by molar-refractivity contribution is -0.145. The second kappa shape index (κ2) is 13.1. The summed E-state index contributed by atoms with van der Waals surface area (Å²) in [5.74, 6) is -0.801. The van der Waals surface area contributed by atoms with Crippen LogP contribution in [0.1, 0.15) is 50.1 Å². The SMILES string of the molecule is CCN(CCN(C(=O)CNCC(=O)N(C)N1Cc2ccc(F)cc2C1)c1cc2c(C)noc2cc1C)C(=O)OC(C)(C)C. The van der Waals surface area contributed by atoms with E-state index in [0.717, 1.165) is 22.1 Å². The number of hydrogen-bond acceptors (Lipinski definition) is 8. The summed E-state index contributed by atoms with van der Waals surface area (Å²) in [6.07, 6.45) is -0.456. The molecule has 12 heteroatoms. The first kappa shape index (κ1) is 31.9. The Kier molecular flexibility index (Phi) is 9.71. The minimum absolute atomic E-state index is 0.0704. The van der Waals surface area contributed by atoms with Crippen LogP contribution in [0.2, 0.25) is 0 Å². The van der Waals surface area contributed by atoms with Crippen LogP contribution in [0.4, 0.5) is 14.9 Å². The lowest BCUT2D eigenvalue weighted by Gasteiger charge is -2.30. The van der Waals surface area contributed by atoms with Crippen molar-refractivity contribution in [2.75, 3.05) is 44.7 Å². The molecule has 2 aromatic carbocycles. The van der Waals surface area contributed by atoms with Crippen molar-refractivity contribution in [3.63, 3.8) is 0 Å². The minimum atomic E-state index is -0.648. The monoisotopic (exact) mass is 596 g/mol. The molecule has 43 heavy (non-hydrogen) atoms. The van der Waals surface area contributed by atoms with Gasteiger partial charge in [-0.3, -0.25) is 19.9 Å². The highest BCUT2D eigenvalue weighted by molar-refractivity contribution is 5.98. The summed E-state index contributed by atoms with van der Waals surface area (Å²) in [5.41, 5.74) is 3.96. The highest BCUT2D eigenvalue weighted by Gasteiger charge is 2.27. The van der Waals surface area contributed by atoms with E-state index in [4.69, 9.17) is 9.26 Å². The van der Waals surface area contributed by atoms with Crippen molar-refractivity contribution < 1.29 is 28.0 Å². The van der Waals surface area contributed by atoms with Gasteiger partial charge in [-0.15, -0.1) is 0 Å². The first-order valence-electron chi connectivity index (χ1n) is 14.4. The van der Waals surface area contributed by atoms with Crippen molar-refractivity contribution in [3.05, 3.63) is 58.5 Å². The summed E-state index contributed by atoms with van der Waals surface area (Å²) in [7, 11) is 1.66. The molecule has 3 amide bonds. The van der Waals surface area contributed by atoms with Crippen molar-refractivity contribution in [2.24, 2.45) is 0 Å². The Labute approximate surface area is 251 Å². The number of benzene rings is 2. The van der Waals surface area contributed by atoms with Crippen LogP contribution >= 0.6 is 0 Å². The molecule has 0 atom stereocenters. The maximum Gasteiger partial charge on any atom is 0.410 e. The normalized spacial score (nSPS) is 13.2. The molecule has 11 nitrogen and oxygen atoms in total. The van der Waals surface area contributed by atoms with Gasteiger partial charge in [0.2, 0.25) is 5.91 Å². The molecule has 0 radical (unpaired) electrons. The quantitative estimate of drug-likeness (QED) is 0.372. The van der Waals surface area contributed by atoms with Gasteiger partial charge < -0.3 is 19.1 Å². The molecule has 0 saturated heterocycles. The third-order valence-corrected chi connectivity index (χ3v) is 7.40. The molecular weight excluding hydrogens is 555 g/mol. The fourth-order valence-corrected chi connectivity index (χ4v) is 4.99. The van der Waals surface area contributed by atoms with Crippen molar-refractivity contribution in [1.82, 2.24) is 25.4 Å². The van der Waals surface area contributed by atoms with E-state index in [0.29, 0.717) is 36.6 Å². The maximum atomic E-state index is 13.7. The van der Waals surface area contributed by atoms with Gasteiger partial charge in [-0.2, -0.15) is 0 Å². The predicted molar refractivity (Wildman–Crippen MR) is 161 cm³/mol. The number of hydrazine groups is 1. The summed E-state index contributed by atoms with van der Waals surface area (Å²) in [6, 6.07) is 8.34. The number of aryl methyl sites for hydroxylation is 2. The Bertz CT molecular complexity index is 1500. The topological polar surface area (TPSA) is 111 Å². The van der Waals surface area contributed by atoms with E-state index in [2.05, 4.69) is 10.5 Å². The van der Waals surface area contributed by atoms with Gasteiger partial charge in [-0.1, -0.05) is 11.2 Å². The molecule has 4 rings (SSSR count). The summed E-state index contributed by atoms with van der Waals surface area (Å²) in [6.45, 7) is 12.6. The number of nitrogens with zero attached hydrogens (tertiary/aromatic N) is 5. The number of aromatic nitrogens is 1. The third-order valence-electron chi connectivity index (χ3n) is 7.40. The Morgan fingerprint density at radius 2 is 1.74 bits per heavy atom. The molecular formula is C31H41FN6O5. The predicted octanol–water partition coefficient (Wildman–Crippen LogP) is 4.15. The highest BCUT2D eigenvalue weighted by Crippen LogP contribution is 2.29. The molecule has 1 N–H and O–H groups in total. The number of fused-ring (bicyclic) bond motifs is 2. The fraction of sp³-hybridized carbons (Fsp3) is 0.484. The van der Waals surface area contributed by atoms with E-state index in [1.54, 1.807) is 43.7 Å². The largest absolute Gasteiger partial charge is 0.444 e. The maximum absolute atomic E-state index is 13.7. The number of ether oxygens (including phenoxy) is 1. The molecule has 0 saturated carbocycles. The van der Waals surface area contributed by atoms with Crippen molar-refractivity contribution >= 4 is 34.6 Å². The summed E-state index contributed by atoms with van der Waals surface area (Å²) < 4.78 is 24.6. The molecule has 1 aromatic heterocycles. The lowest BCUT2D eigenvalue weighted by atomic mass is 10.1. The van der Waals surface area contributed by atoms with Gasteiger partial charge >= 0.3 is 6.09 Å². The second-order valence-corrected chi connectivity index (χ2v) is 11.8. The molecule has 0 fully saturated rings. The molecule has 0 aliphatic carbocycles. The van der Waals surface area contributed by atoms with Crippen LogP contribution in [-0.4, -0.2) is 83.4 Å². The average Bonchev–Trinajstić information content (AvgIpc) is 3.51. The van der Waals surface area contributed by atoms with Gasteiger partial charge in [-0.05, 0) is 82.5 Å². The molecule has 0 spiro atoms. The average molecular weight is 597 g/mol. The Morgan fingerprint density at radius 1 is 1.05 bits per heavy atom. The molecule has 232 valence electrons. The number of hydrogen-bond donors (Lipinski definition) is 1. The van der Waals surface area contributed by atoms with Gasteiger partial charge in [0.15, 0.2) is 5.58 Å². The minimum Gasteiger partial charge on any atom is -0.444 e. The van der Waals surface area contributed by atoms with Crippen LogP contribution < -0.4 is 10.2 Å². The van der Waals surface area contributed by atoms with Crippen molar-refractivity contribution in [2.45, 2.75) is 60.2 Å². The number of amides is 3. The van der Waals surface area contributed by atoms with E-state index in [-0.39, 0.29) is 43.8 Å². The van der Waals surface area contributed by atoms with Crippen molar-refractivity contribution in [1.29, 1.82) is 0 Å². The molecule has 1 aliphatic rings. The second-order valence-electron chi connectivity index (χ2n) is 11.8. The fourth-order valence-electron chi connectivity index (χ4n) is 4.99. The van der Waals surface area contributed by atoms with E-state index >= 15 is 0 Å². The number of halogens is 1. The van der Waals surface area contributed by atoms with Crippen LogP contribution in [0.15, 0.2) is 34.9 Å². The molecule has 2 heterocycles. The number of nitrogens with one attached hydrogen (secondary N) is 1. The van der Waals surface area contributed by atoms with Gasteiger partial charge in [0.05, 0.1) is 18.8 Å². The number of carbonyl (C=O) groups is 3. The van der Waals surface area contributed by atoms with Crippen LogP contribution in [-0.2, 0) is 27.4 Å². The van der Waals surface area contributed by atoms with Crippen LogP contribution in [0, 0.1) is 19.7 Å². The van der Waals surface area contributed by atoms with Crippen LogP contribution in [0.25, 0.3) is 11.0 Å². The summed E-state index contributed by atoms with van der Waals surface area (Å²) in [5, 5.41) is 11.1. The van der Waals surface area contributed by atoms with Gasteiger partial charge in [-0.25, -0.2) is 14.2 Å². The standard InChI is InChI=1S/C31H41FN6O5/c1-8-36(30(41)42-31(4,5)6)11-12-38(26-15-25-21(3)34-43-27(25)13-20(26)2)29(40)17-33-16-28(39)35(7)37-18-22-9-10-24(32)14-23(22)19-37/h9-10,13-15,33H,8,11-12,16-19H2,1-7H3. The van der Waals surface area contributed by atoms with Gasteiger partial charge in [0.25, 0.3) is 5.91 Å². The zero-order chi connectivity index (χ0) is 31.5. The van der Waals surface area contributed by atoms with Gasteiger partial charge in [0.1, 0.15) is 11.4 Å². The Balaban J connectivity index is 1.44. The Morgan fingerprint density at radius 3 is 2.44 bits per heavy atom. The van der Waals surface area contributed by atoms with Crippen LogP contribution in [0.5, 0.6) is 0 Å². The summed E-state index contributed by atoms with van der Waals surface area (Å²) in [4.78, 5) is 42.6. The zero-order valence-electron chi connectivity index (χ0n) is 26.0. The molecule has 1 aliphatic heterocycles. The molecule has 0 unspecified atom stereocenters. The van der Waals surface area contributed by atoms with E-state index < -0.39 is 11.7 Å². The number of likely N-dealkylation sites (N-methyl/N-ethyl adjacent to an activating group) is 2. The third kappa shape index (κ3) is 7.68. The lowest BCUT2D eigenvalue weighted by Crippen LogP contribution is -2.48. The highest BCUT2D eigenvalue weighted by atomic mass is 19.1. The number of carbonyl (C=O) groups excluding carboxylic acids is 3. The number of rotatable bonds is 10. The first-order valence-corrected chi connectivity index (χ1v) is 14.4. The van der Waals surface area contributed by atoms with E-state index in [1.807, 2.05) is 37.9 Å². The van der Waals surface area contributed by atoms with E-state index in [9.17, 15) is 18.8 Å². The van der Waals surface area contributed by atoms with Crippen molar-refractivity contribution in [3.8, 4) is 0 Å². The zero-order valence-corrected chi connectivity index (χ0v) is 26.0. The van der Waals surface area contributed by atoms with Gasteiger partial charge in [0, 0.05) is 50.8 Å². The smallest absolute Gasteiger partial charge is 0.410 e. The molecule has 3 aromatic rings.